The molecule has 5 unspecified atom stereocenters. The van der Waals surface area contributed by atoms with Crippen molar-refractivity contribution >= 4 is 17.6 Å². The van der Waals surface area contributed by atoms with E-state index in [0.29, 0.717) is 12.3 Å². The first-order valence-corrected chi connectivity index (χ1v) is 12.7. The Bertz CT molecular complexity index is 670. The van der Waals surface area contributed by atoms with Crippen molar-refractivity contribution in [1.82, 2.24) is 0 Å². The van der Waals surface area contributed by atoms with Crippen LogP contribution in [0.3, 0.4) is 0 Å². The molecule has 3 N–H and O–H groups in total. The predicted octanol–water partition coefficient (Wildman–Crippen LogP) is 6.19. The van der Waals surface area contributed by atoms with Crippen LogP contribution in [0.2, 0.25) is 0 Å². The van der Waals surface area contributed by atoms with E-state index >= 15 is 0 Å². The molecule has 1 aromatic rings. The summed E-state index contributed by atoms with van der Waals surface area (Å²) in [6.07, 6.45) is 11.8. The normalized spacial score (nSPS) is 28.0. The first-order chi connectivity index (χ1) is 15.0. The summed E-state index contributed by atoms with van der Waals surface area (Å²) in [7, 11) is 0. The molecule has 0 bridgehead atoms. The predicted molar refractivity (Wildman–Crippen MR) is 124 cm³/mol. The average Bonchev–Trinajstić information content (AvgIpc) is 3.04. The summed E-state index contributed by atoms with van der Waals surface area (Å²) in [6, 6.07) is 8.20. The average molecular weight is 451 g/mol. The van der Waals surface area contributed by atoms with Gasteiger partial charge in [-0.05, 0) is 48.6 Å². The second-order valence-electron chi connectivity index (χ2n) is 9.78. The smallest absolute Gasteiger partial charge is 0.303 e. The van der Waals surface area contributed by atoms with Crippen molar-refractivity contribution in [3.8, 4) is 0 Å². The third kappa shape index (κ3) is 7.20. The van der Waals surface area contributed by atoms with Crippen LogP contribution in [0.15, 0.2) is 24.3 Å². The van der Waals surface area contributed by atoms with Gasteiger partial charge < -0.3 is 15.3 Å². The van der Waals surface area contributed by atoms with E-state index in [9.17, 15) is 15.0 Å². The van der Waals surface area contributed by atoms with Crippen molar-refractivity contribution in [3.63, 3.8) is 0 Å². The van der Waals surface area contributed by atoms with Crippen LogP contribution in [0.1, 0.15) is 107 Å². The number of aliphatic hydroxyl groups excluding tert-OH is 2. The quantitative estimate of drug-likeness (QED) is 0.277. The van der Waals surface area contributed by atoms with Gasteiger partial charge in [0.25, 0.3) is 0 Å². The lowest BCUT2D eigenvalue weighted by Crippen LogP contribution is -2.19. The van der Waals surface area contributed by atoms with E-state index in [1.165, 1.54) is 32.1 Å². The molecule has 5 atom stereocenters. The van der Waals surface area contributed by atoms with Gasteiger partial charge in [-0.2, -0.15) is 0 Å². The number of aliphatic hydroxyl groups is 2. The Morgan fingerprint density at radius 2 is 1.71 bits per heavy atom. The van der Waals surface area contributed by atoms with Crippen molar-refractivity contribution < 1.29 is 20.1 Å². The molecule has 0 aromatic heterocycles. The molecule has 2 saturated carbocycles. The molecule has 1 aromatic carbocycles. The van der Waals surface area contributed by atoms with Crippen molar-refractivity contribution in [2.24, 2.45) is 11.8 Å². The summed E-state index contributed by atoms with van der Waals surface area (Å²) in [5, 5.41) is 30.1. The second kappa shape index (κ2) is 12.2. The molecule has 5 heteroatoms. The molecular formula is C26H39ClO4. The highest BCUT2D eigenvalue weighted by Crippen LogP contribution is 2.45. The number of carboxylic acids is 1. The van der Waals surface area contributed by atoms with Crippen molar-refractivity contribution in [1.29, 1.82) is 0 Å². The van der Waals surface area contributed by atoms with E-state index in [2.05, 4.69) is 12.1 Å². The monoisotopic (exact) mass is 450 g/mol. The van der Waals surface area contributed by atoms with Crippen LogP contribution in [0.4, 0.5) is 0 Å². The highest BCUT2D eigenvalue weighted by atomic mass is 35.5. The minimum atomic E-state index is -0.730. The minimum absolute atomic E-state index is 0.0319. The largest absolute Gasteiger partial charge is 0.481 e. The number of rotatable bonds is 11. The molecule has 0 aliphatic heterocycles. The highest BCUT2D eigenvalue weighted by molar-refractivity contribution is 6.21. The van der Waals surface area contributed by atoms with Crippen LogP contribution in [0.5, 0.6) is 0 Å². The van der Waals surface area contributed by atoms with Crippen LogP contribution < -0.4 is 0 Å². The fourth-order valence-corrected chi connectivity index (χ4v) is 6.18. The fraction of sp³-hybridized carbons (Fsp3) is 0.731. The number of hydrogen-bond donors (Lipinski definition) is 3. The van der Waals surface area contributed by atoms with Crippen LogP contribution in [0, 0.1) is 11.8 Å². The number of halogens is 1. The molecule has 0 amide bonds. The van der Waals surface area contributed by atoms with Crippen LogP contribution in [0.25, 0.3) is 0 Å². The lowest BCUT2D eigenvalue weighted by atomic mass is 9.82. The minimum Gasteiger partial charge on any atom is -0.481 e. The number of carbonyl (C=O) groups is 1. The Labute approximate surface area is 192 Å². The van der Waals surface area contributed by atoms with Gasteiger partial charge in [0.15, 0.2) is 0 Å². The first kappa shape index (κ1) is 24.5. The summed E-state index contributed by atoms with van der Waals surface area (Å²) in [6.45, 7) is 0. The molecule has 3 rings (SSSR count). The van der Waals surface area contributed by atoms with Crippen molar-refractivity contribution in [3.05, 3.63) is 35.4 Å². The van der Waals surface area contributed by atoms with Crippen LogP contribution in [-0.4, -0.2) is 32.8 Å². The number of benzene rings is 1. The molecular weight excluding hydrogens is 412 g/mol. The summed E-state index contributed by atoms with van der Waals surface area (Å²) in [4.78, 5) is 10.6. The highest BCUT2D eigenvalue weighted by Gasteiger charge is 2.41. The zero-order valence-electron chi connectivity index (χ0n) is 18.6. The number of alkyl halides is 1. The lowest BCUT2D eigenvalue weighted by Gasteiger charge is -2.26. The molecule has 31 heavy (non-hydrogen) atoms. The van der Waals surface area contributed by atoms with Crippen LogP contribution in [-0.2, 0) is 4.79 Å². The lowest BCUT2D eigenvalue weighted by molar-refractivity contribution is -0.137. The van der Waals surface area contributed by atoms with Crippen molar-refractivity contribution in [2.45, 2.75) is 107 Å². The van der Waals surface area contributed by atoms with Crippen molar-refractivity contribution in [2.75, 3.05) is 0 Å². The Kier molecular flexibility index (Phi) is 9.68. The zero-order valence-corrected chi connectivity index (χ0v) is 19.3. The van der Waals surface area contributed by atoms with E-state index in [4.69, 9.17) is 16.7 Å². The van der Waals surface area contributed by atoms with E-state index in [1.807, 2.05) is 12.1 Å². The van der Waals surface area contributed by atoms with E-state index in [0.717, 1.165) is 49.7 Å². The number of hydrogen-bond acceptors (Lipinski definition) is 3. The van der Waals surface area contributed by atoms with E-state index in [-0.39, 0.29) is 23.6 Å². The third-order valence-corrected chi connectivity index (χ3v) is 7.97. The Morgan fingerprint density at radius 1 is 1.03 bits per heavy atom. The van der Waals surface area contributed by atoms with Gasteiger partial charge >= 0.3 is 5.97 Å². The maximum Gasteiger partial charge on any atom is 0.303 e. The van der Waals surface area contributed by atoms with Crippen LogP contribution >= 0.6 is 11.6 Å². The van der Waals surface area contributed by atoms with Gasteiger partial charge in [-0.1, -0.05) is 75.6 Å². The SMILES string of the molecule is O=C(O)CCCCCCC1C(Cl)CC(O)C1c1ccc(C(O)CC2CCCCC2)cc1. The summed E-state index contributed by atoms with van der Waals surface area (Å²) in [5.74, 6) is 0.171. The van der Waals surface area contributed by atoms with Gasteiger partial charge in [-0.25, -0.2) is 0 Å². The van der Waals surface area contributed by atoms with Gasteiger partial charge in [-0.15, -0.1) is 11.6 Å². The second-order valence-corrected chi connectivity index (χ2v) is 10.3. The molecule has 2 aliphatic carbocycles. The summed E-state index contributed by atoms with van der Waals surface area (Å²) in [5.41, 5.74) is 2.08. The fourth-order valence-electron chi connectivity index (χ4n) is 5.72. The van der Waals surface area contributed by atoms with Gasteiger partial charge in [0.1, 0.15) is 0 Å². The first-order valence-electron chi connectivity index (χ1n) is 12.3. The standard InChI is InChI=1S/C26H39ClO4/c27-22-17-24(29)26(21(22)10-6-1-2-7-11-25(30)31)20-14-12-19(13-15-20)23(28)16-18-8-4-3-5-9-18/h12-15,18,21-24,26,28-29H,1-11,16-17H2,(H,30,31). The number of unbranched alkanes of at least 4 members (excludes halogenated alkanes) is 3. The molecule has 0 spiro atoms. The Morgan fingerprint density at radius 3 is 2.39 bits per heavy atom. The zero-order chi connectivity index (χ0) is 22.2. The molecule has 2 aliphatic rings. The molecule has 4 nitrogen and oxygen atoms in total. The number of carboxylic acid groups (broad SMARTS) is 1. The van der Waals surface area contributed by atoms with Gasteiger partial charge in [0.05, 0.1) is 12.2 Å². The molecule has 174 valence electrons. The third-order valence-electron chi connectivity index (χ3n) is 7.47. The summed E-state index contributed by atoms with van der Waals surface area (Å²) >= 11 is 6.61. The summed E-state index contributed by atoms with van der Waals surface area (Å²) < 4.78 is 0. The molecule has 2 fully saturated rings. The molecule has 0 saturated heterocycles. The molecule has 0 heterocycles. The number of aliphatic carboxylic acids is 1. The maximum atomic E-state index is 10.7. The maximum absolute atomic E-state index is 10.7. The molecule has 0 radical (unpaired) electrons. The van der Waals surface area contributed by atoms with Gasteiger partial charge in [0, 0.05) is 17.7 Å². The topological polar surface area (TPSA) is 77.8 Å². The van der Waals surface area contributed by atoms with E-state index in [1.54, 1.807) is 0 Å². The van der Waals surface area contributed by atoms with E-state index < -0.39 is 18.2 Å². The Balaban J connectivity index is 1.54. The van der Waals surface area contributed by atoms with Gasteiger partial charge in [0.2, 0.25) is 0 Å². The van der Waals surface area contributed by atoms with Gasteiger partial charge in [-0.3, -0.25) is 4.79 Å². The Hall–Kier alpha value is -1.10.